The molecule has 0 aromatic carbocycles. The Morgan fingerprint density at radius 3 is 2.71 bits per heavy atom. The molecular formula is C11H24N2O. The van der Waals surface area contributed by atoms with E-state index in [9.17, 15) is 0 Å². The molecule has 1 fully saturated rings. The van der Waals surface area contributed by atoms with Gasteiger partial charge in [-0.1, -0.05) is 6.92 Å². The van der Waals surface area contributed by atoms with E-state index in [1.165, 1.54) is 12.8 Å². The smallest absolute Gasteiger partial charge is 0.0510 e. The summed E-state index contributed by atoms with van der Waals surface area (Å²) < 4.78 is 5.42. The SMILES string of the molecule is CCC(C)N(C)C(CN)C1CCOC1. The predicted octanol–water partition coefficient (Wildman–Crippen LogP) is 1.08. The predicted molar refractivity (Wildman–Crippen MR) is 59.3 cm³/mol. The molecule has 1 rings (SSSR count). The van der Waals surface area contributed by atoms with Crippen molar-refractivity contribution in [2.45, 2.75) is 38.8 Å². The van der Waals surface area contributed by atoms with E-state index in [1.54, 1.807) is 0 Å². The Kier molecular flexibility index (Phi) is 4.85. The molecule has 3 unspecified atom stereocenters. The number of rotatable bonds is 5. The van der Waals surface area contributed by atoms with Crippen molar-refractivity contribution in [1.29, 1.82) is 0 Å². The highest BCUT2D eigenvalue weighted by molar-refractivity contribution is 4.83. The fourth-order valence-corrected chi connectivity index (χ4v) is 2.16. The number of likely N-dealkylation sites (N-methyl/N-ethyl adjacent to an activating group) is 1. The molecule has 0 amide bonds. The summed E-state index contributed by atoms with van der Waals surface area (Å²) in [6, 6.07) is 1.11. The van der Waals surface area contributed by atoms with Crippen LogP contribution in [0.5, 0.6) is 0 Å². The molecule has 3 atom stereocenters. The number of ether oxygens (including phenoxy) is 1. The van der Waals surface area contributed by atoms with Crippen LogP contribution in [0.2, 0.25) is 0 Å². The zero-order valence-corrected chi connectivity index (χ0v) is 9.70. The van der Waals surface area contributed by atoms with Crippen LogP contribution in [0.25, 0.3) is 0 Å². The first-order valence-electron chi connectivity index (χ1n) is 5.70. The van der Waals surface area contributed by atoms with E-state index >= 15 is 0 Å². The minimum absolute atomic E-state index is 0.493. The van der Waals surface area contributed by atoms with E-state index < -0.39 is 0 Å². The van der Waals surface area contributed by atoms with Gasteiger partial charge in [0.2, 0.25) is 0 Å². The first-order valence-corrected chi connectivity index (χ1v) is 5.70. The Morgan fingerprint density at radius 1 is 1.57 bits per heavy atom. The highest BCUT2D eigenvalue weighted by atomic mass is 16.5. The van der Waals surface area contributed by atoms with Crippen LogP contribution in [0.15, 0.2) is 0 Å². The second-order valence-corrected chi connectivity index (χ2v) is 4.35. The molecule has 0 aromatic heterocycles. The maximum atomic E-state index is 5.85. The quantitative estimate of drug-likeness (QED) is 0.722. The van der Waals surface area contributed by atoms with Crippen LogP contribution in [0.1, 0.15) is 26.7 Å². The second-order valence-electron chi connectivity index (χ2n) is 4.35. The van der Waals surface area contributed by atoms with Crippen LogP contribution in [0.3, 0.4) is 0 Å². The minimum atomic E-state index is 0.493. The van der Waals surface area contributed by atoms with Crippen LogP contribution < -0.4 is 5.73 Å². The Labute approximate surface area is 87.6 Å². The molecule has 2 N–H and O–H groups in total. The molecule has 0 radical (unpaired) electrons. The summed E-state index contributed by atoms with van der Waals surface area (Å²) in [7, 11) is 2.18. The first-order chi connectivity index (χ1) is 6.70. The molecule has 0 aromatic rings. The molecule has 14 heavy (non-hydrogen) atoms. The van der Waals surface area contributed by atoms with E-state index in [0.29, 0.717) is 18.0 Å². The van der Waals surface area contributed by atoms with Gasteiger partial charge >= 0.3 is 0 Å². The van der Waals surface area contributed by atoms with Crippen molar-refractivity contribution in [3.63, 3.8) is 0 Å². The molecule has 0 aliphatic carbocycles. The number of hydrogen-bond acceptors (Lipinski definition) is 3. The third kappa shape index (κ3) is 2.69. The lowest BCUT2D eigenvalue weighted by Gasteiger charge is -2.35. The molecule has 1 aliphatic rings. The Balaban J connectivity index is 2.50. The molecular weight excluding hydrogens is 176 g/mol. The topological polar surface area (TPSA) is 38.5 Å². The summed E-state index contributed by atoms with van der Waals surface area (Å²) in [5.74, 6) is 0.638. The summed E-state index contributed by atoms with van der Waals surface area (Å²) in [6.07, 6.45) is 2.35. The molecule has 0 bridgehead atoms. The largest absolute Gasteiger partial charge is 0.381 e. The van der Waals surface area contributed by atoms with Crippen molar-refractivity contribution in [3.05, 3.63) is 0 Å². The van der Waals surface area contributed by atoms with Crippen molar-refractivity contribution in [2.24, 2.45) is 11.7 Å². The lowest BCUT2D eigenvalue weighted by atomic mass is 9.96. The van der Waals surface area contributed by atoms with E-state index in [2.05, 4.69) is 25.8 Å². The van der Waals surface area contributed by atoms with Crippen LogP contribution in [-0.2, 0) is 4.74 Å². The highest BCUT2D eigenvalue weighted by Crippen LogP contribution is 2.21. The molecule has 84 valence electrons. The fraction of sp³-hybridized carbons (Fsp3) is 1.00. The van der Waals surface area contributed by atoms with Gasteiger partial charge in [-0.25, -0.2) is 0 Å². The van der Waals surface area contributed by atoms with Gasteiger partial charge in [0, 0.05) is 31.2 Å². The Hall–Kier alpha value is -0.120. The van der Waals surface area contributed by atoms with Gasteiger partial charge in [0.15, 0.2) is 0 Å². The summed E-state index contributed by atoms with van der Waals surface area (Å²) in [5, 5.41) is 0. The van der Waals surface area contributed by atoms with E-state index in [1.807, 2.05) is 0 Å². The van der Waals surface area contributed by atoms with Crippen LogP contribution in [0.4, 0.5) is 0 Å². The summed E-state index contributed by atoms with van der Waals surface area (Å²) in [5.41, 5.74) is 5.85. The van der Waals surface area contributed by atoms with Crippen LogP contribution >= 0.6 is 0 Å². The maximum Gasteiger partial charge on any atom is 0.0510 e. The number of hydrogen-bond donors (Lipinski definition) is 1. The van der Waals surface area contributed by atoms with Crippen LogP contribution in [0, 0.1) is 5.92 Å². The van der Waals surface area contributed by atoms with Gasteiger partial charge < -0.3 is 10.5 Å². The minimum Gasteiger partial charge on any atom is -0.381 e. The standard InChI is InChI=1S/C11H24N2O/c1-4-9(2)13(3)11(7-12)10-5-6-14-8-10/h9-11H,4-8,12H2,1-3H3. The Morgan fingerprint density at radius 2 is 2.29 bits per heavy atom. The van der Waals surface area contributed by atoms with Gasteiger partial charge in [-0.3, -0.25) is 4.90 Å². The molecule has 3 heteroatoms. The lowest BCUT2D eigenvalue weighted by Crippen LogP contribution is -2.47. The molecule has 3 nitrogen and oxygen atoms in total. The number of nitrogens with two attached hydrogens (primary N) is 1. The second kappa shape index (κ2) is 5.69. The first kappa shape index (κ1) is 12.0. The zero-order chi connectivity index (χ0) is 10.6. The average molecular weight is 200 g/mol. The molecule has 1 aliphatic heterocycles. The highest BCUT2D eigenvalue weighted by Gasteiger charge is 2.29. The van der Waals surface area contributed by atoms with Gasteiger partial charge in [0.05, 0.1) is 6.61 Å². The molecule has 1 heterocycles. The van der Waals surface area contributed by atoms with E-state index in [-0.39, 0.29) is 0 Å². The number of nitrogens with zero attached hydrogens (tertiary/aromatic N) is 1. The summed E-state index contributed by atoms with van der Waals surface area (Å²) >= 11 is 0. The molecule has 0 saturated carbocycles. The van der Waals surface area contributed by atoms with Gasteiger partial charge in [0.1, 0.15) is 0 Å². The van der Waals surface area contributed by atoms with Crippen molar-refractivity contribution < 1.29 is 4.74 Å². The van der Waals surface area contributed by atoms with Gasteiger partial charge in [0.25, 0.3) is 0 Å². The monoisotopic (exact) mass is 200 g/mol. The lowest BCUT2D eigenvalue weighted by molar-refractivity contribution is 0.113. The van der Waals surface area contributed by atoms with Crippen LogP contribution in [-0.4, -0.2) is 43.8 Å². The van der Waals surface area contributed by atoms with Crippen molar-refractivity contribution in [1.82, 2.24) is 4.90 Å². The van der Waals surface area contributed by atoms with E-state index in [0.717, 1.165) is 19.8 Å². The summed E-state index contributed by atoms with van der Waals surface area (Å²) in [4.78, 5) is 2.42. The van der Waals surface area contributed by atoms with Crippen molar-refractivity contribution in [2.75, 3.05) is 26.8 Å². The van der Waals surface area contributed by atoms with E-state index in [4.69, 9.17) is 10.5 Å². The molecule has 1 saturated heterocycles. The fourth-order valence-electron chi connectivity index (χ4n) is 2.16. The normalized spacial score (nSPS) is 26.8. The molecule has 0 spiro atoms. The maximum absolute atomic E-state index is 5.85. The van der Waals surface area contributed by atoms with Crippen molar-refractivity contribution in [3.8, 4) is 0 Å². The van der Waals surface area contributed by atoms with Crippen molar-refractivity contribution >= 4 is 0 Å². The summed E-state index contributed by atoms with van der Waals surface area (Å²) in [6.45, 7) is 7.03. The third-order valence-electron chi connectivity index (χ3n) is 3.56. The van der Waals surface area contributed by atoms with Gasteiger partial charge in [-0.2, -0.15) is 0 Å². The zero-order valence-electron chi connectivity index (χ0n) is 9.70. The van der Waals surface area contributed by atoms with Gasteiger partial charge in [-0.15, -0.1) is 0 Å². The average Bonchev–Trinajstić information content (AvgIpc) is 2.71. The third-order valence-corrected chi connectivity index (χ3v) is 3.56. The Bertz CT molecular complexity index is 157. The van der Waals surface area contributed by atoms with Gasteiger partial charge in [-0.05, 0) is 26.8 Å².